The summed E-state index contributed by atoms with van der Waals surface area (Å²) in [5.74, 6) is -0.163. The normalized spacial score (nSPS) is 10.4. The molecule has 2 aromatic rings. The molecule has 0 saturated heterocycles. The third-order valence-electron chi connectivity index (χ3n) is 2.38. The van der Waals surface area contributed by atoms with Crippen LogP contribution in [0.2, 0.25) is 0 Å². The summed E-state index contributed by atoms with van der Waals surface area (Å²) < 4.78 is 0. The number of benzene rings is 2. The van der Waals surface area contributed by atoms with Gasteiger partial charge in [0.1, 0.15) is 12.8 Å². The van der Waals surface area contributed by atoms with Gasteiger partial charge in [0.15, 0.2) is 0 Å². The van der Waals surface area contributed by atoms with Gasteiger partial charge in [0, 0.05) is 5.56 Å². The van der Waals surface area contributed by atoms with E-state index in [0.29, 0.717) is 12.2 Å². The molecular formula is C15H13NO2. The fraction of sp³-hybridized carbons (Fsp3) is 0.0667. The second-order valence-electron chi connectivity index (χ2n) is 3.72. The Bertz CT molecular complexity index is 521. The maximum Gasteiger partial charge on any atom is 0.207 e. The van der Waals surface area contributed by atoms with Gasteiger partial charge in [-0.15, -0.1) is 0 Å². The van der Waals surface area contributed by atoms with Gasteiger partial charge < -0.3 is 4.84 Å². The van der Waals surface area contributed by atoms with Crippen LogP contribution in [0.1, 0.15) is 15.9 Å². The summed E-state index contributed by atoms with van der Waals surface area (Å²) in [5.41, 5.74) is 1.62. The van der Waals surface area contributed by atoms with Crippen LogP contribution in [0.5, 0.6) is 0 Å². The molecule has 0 atom stereocenters. The van der Waals surface area contributed by atoms with E-state index < -0.39 is 0 Å². The minimum absolute atomic E-state index is 0.163. The van der Waals surface area contributed by atoms with Crippen molar-refractivity contribution in [2.24, 2.45) is 5.16 Å². The Morgan fingerprint density at radius 1 is 1.00 bits per heavy atom. The molecule has 0 spiro atoms. The molecule has 0 aliphatic carbocycles. The summed E-state index contributed by atoms with van der Waals surface area (Å²) in [4.78, 5) is 16.7. The first-order chi connectivity index (χ1) is 8.86. The van der Waals surface area contributed by atoms with Gasteiger partial charge >= 0.3 is 0 Å². The molecule has 0 saturated carbocycles. The van der Waals surface area contributed by atoms with Gasteiger partial charge in [-0.05, 0) is 5.56 Å². The molecule has 0 amide bonds. The number of hydrogen-bond donors (Lipinski definition) is 0. The maximum atomic E-state index is 11.6. The monoisotopic (exact) mass is 239 g/mol. The standard InChI is InChI=1S/C15H13NO2/c17-15(14-9-5-2-6-10-14)11-16-18-12-13-7-3-1-4-8-13/h1-11H,12H2/b16-11+. The molecule has 90 valence electrons. The molecule has 0 bridgehead atoms. The lowest BCUT2D eigenvalue weighted by Crippen LogP contribution is -2.00. The number of oxime groups is 1. The Balaban J connectivity index is 1.84. The molecule has 0 radical (unpaired) electrons. The lowest BCUT2D eigenvalue weighted by molar-refractivity contribution is 0.104. The second-order valence-corrected chi connectivity index (χ2v) is 3.72. The highest BCUT2D eigenvalue weighted by Crippen LogP contribution is 2.01. The Hall–Kier alpha value is -2.42. The molecule has 3 heteroatoms. The highest BCUT2D eigenvalue weighted by Gasteiger charge is 2.00. The van der Waals surface area contributed by atoms with E-state index in [9.17, 15) is 4.79 Å². The van der Waals surface area contributed by atoms with Crippen molar-refractivity contribution in [1.82, 2.24) is 0 Å². The lowest BCUT2D eigenvalue weighted by Gasteiger charge is -1.98. The Morgan fingerprint density at radius 3 is 2.28 bits per heavy atom. The Morgan fingerprint density at radius 2 is 1.61 bits per heavy atom. The van der Waals surface area contributed by atoms with Gasteiger partial charge in [0.05, 0.1) is 0 Å². The molecule has 2 rings (SSSR count). The number of ketones is 1. The number of Topliss-reactive ketones (excluding diaryl/α,β-unsaturated/α-hetero) is 1. The van der Waals surface area contributed by atoms with Crippen molar-refractivity contribution in [3.8, 4) is 0 Å². The maximum absolute atomic E-state index is 11.6. The van der Waals surface area contributed by atoms with Crippen molar-refractivity contribution >= 4 is 12.0 Å². The average molecular weight is 239 g/mol. The predicted molar refractivity (Wildman–Crippen MR) is 70.5 cm³/mol. The van der Waals surface area contributed by atoms with Crippen LogP contribution in [-0.2, 0) is 11.4 Å². The minimum Gasteiger partial charge on any atom is -0.391 e. The summed E-state index contributed by atoms with van der Waals surface area (Å²) in [5, 5.41) is 3.67. The first-order valence-corrected chi connectivity index (χ1v) is 5.65. The molecule has 0 unspecified atom stereocenters. The van der Waals surface area contributed by atoms with Crippen molar-refractivity contribution < 1.29 is 9.63 Å². The summed E-state index contributed by atoms with van der Waals surface area (Å²) in [7, 11) is 0. The summed E-state index contributed by atoms with van der Waals surface area (Å²) in [6.45, 7) is 0.361. The number of rotatable bonds is 5. The highest BCUT2D eigenvalue weighted by molar-refractivity contribution is 6.35. The van der Waals surface area contributed by atoms with Gasteiger partial charge in [-0.1, -0.05) is 65.8 Å². The molecular weight excluding hydrogens is 226 g/mol. The smallest absolute Gasteiger partial charge is 0.207 e. The Labute approximate surface area is 106 Å². The third-order valence-corrected chi connectivity index (χ3v) is 2.38. The van der Waals surface area contributed by atoms with Crippen molar-refractivity contribution in [2.45, 2.75) is 6.61 Å². The number of carbonyl (C=O) groups is 1. The zero-order chi connectivity index (χ0) is 12.6. The summed E-state index contributed by atoms with van der Waals surface area (Å²) >= 11 is 0. The van der Waals surface area contributed by atoms with Crippen LogP contribution in [0.15, 0.2) is 65.8 Å². The SMILES string of the molecule is O=C(/C=N/OCc1ccccc1)c1ccccc1. The van der Waals surface area contributed by atoms with E-state index >= 15 is 0 Å². The van der Waals surface area contributed by atoms with E-state index in [1.165, 1.54) is 6.21 Å². The van der Waals surface area contributed by atoms with Crippen LogP contribution in [0, 0.1) is 0 Å². The first kappa shape index (κ1) is 12.0. The van der Waals surface area contributed by atoms with Crippen LogP contribution in [0.3, 0.4) is 0 Å². The molecule has 0 aliphatic rings. The van der Waals surface area contributed by atoms with E-state index in [-0.39, 0.29) is 5.78 Å². The largest absolute Gasteiger partial charge is 0.391 e. The van der Waals surface area contributed by atoms with Crippen molar-refractivity contribution in [2.75, 3.05) is 0 Å². The van der Waals surface area contributed by atoms with E-state index in [1.54, 1.807) is 12.1 Å². The van der Waals surface area contributed by atoms with Gasteiger partial charge in [-0.3, -0.25) is 4.79 Å². The van der Waals surface area contributed by atoms with Crippen LogP contribution >= 0.6 is 0 Å². The molecule has 0 N–H and O–H groups in total. The minimum atomic E-state index is -0.163. The van der Waals surface area contributed by atoms with Crippen LogP contribution in [-0.4, -0.2) is 12.0 Å². The topological polar surface area (TPSA) is 38.7 Å². The zero-order valence-corrected chi connectivity index (χ0v) is 9.82. The quantitative estimate of drug-likeness (QED) is 0.457. The van der Waals surface area contributed by atoms with Crippen molar-refractivity contribution in [1.29, 1.82) is 0 Å². The van der Waals surface area contributed by atoms with Gasteiger partial charge in [0.25, 0.3) is 0 Å². The van der Waals surface area contributed by atoms with Crippen molar-refractivity contribution in [3.63, 3.8) is 0 Å². The van der Waals surface area contributed by atoms with Gasteiger partial charge in [-0.25, -0.2) is 0 Å². The molecule has 0 fully saturated rings. The van der Waals surface area contributed by atoms with E-state index in [2.05, 4.69) is 5.16 Å². The van der Waals surface area contributed by atoms with Crippen molar-refractivity contribution in [3.05, 3.63) is 71.8 Å². The molecule has 0 heterocycles. The molecule has 3 nitrogen and oxygen atoms in total. The van der Waals surface area contributed by atoms with E-state index in [4.69, 9.17) is 4.84 Å². The fourth-order valence-electron chi connectivity index (χ4n) is 1.45. The molecule has 2 aromatic carbocycles. The first-order valence-electron chi connectivity index (χ1n) is 5.65. The van der Waals surface area contributed by atoms with E-state index in [0.717, 1.165) is 5.56 Å². The van der Waals surface area contributed by atoms with Gasteiger partial charge in [-0.2, -0.15) is 0 Å². The molecule has 0 aromatic heterocycles. The predicted octanol–water partition coefficient (Wildman–Crippen LogP) is 3.07. The van der Waals surface area contributed by atoms with Crippen LogP contribution in [0.25, 0.3) is 0 Å². The van der Waals surface area contributed by atoms with Crippen LogP contribution < -0.4 is 0 Å². The average Bonchev–Trinajstić information content (AvgIpc) is 2.45. The fourth-order valence-corrected chi connectivity index (χ4v) is 1.45. The Kier molecular flexibility index (Phi) is 4.25. The number of carbonyl (C=O) groups excluding carboxylic acids is 1. The lowest BCUT2D eigenvalue weighted by atomic mass is 10.1. The van der Waals surface area contributed by atoms with Crippen LogP contribution in [0.4, 0.5) is 0 Å². The van der Waals surface area contributed by atoms with Gasteiger partial charge in [0.2, 0.25) is 5.78 Å². The second kappa shape index (κ2) is 6.35. The molecule has 18 heavy (non-hydrogen) atoms. The summed E-state index contributed by atoms with van der Waals surface area (Å²) in [6.07, 6.45) is 1.19. The summed E-state index contributed by atoms with van der Waals surface area (Å²) in [6, 6.07) is 18.6. The molecule has 0 aliphatic heterocycles. The highest BCUT2D eigenvalue weighted by atomic mass is 16.6. The van der Waals surface area contributed by atoms with E-state index in [1.807, 2.05) is 48.5 Å². The zero-order valence-electron chi connectivity index (χ0n) is 9.82. The third kappa shape index (κ3) is 3.56. The number of hydrogen-bond acceptors (Lipinski definition) is 3. The number of nitrogens with zero attached hydrogens (tertiary/aromatic N) is 1.